The van der Waals surface area contributed by atoms with Crippen LogP contribution in [-0.2, 0) is 0 Å². The van der Waals surface area contributed by atoms with Crippen molar-refractivity contribution in [2.45, 2.75) is 0 Å². The first kappa shape index (κ1) is 29.7. The lowest BCUT2D eigenvalue weighted by molar-refractivity contribution is 0.666. The summed E-state index contributed by atoms with van der Waals surface area (Å²) in [7, 11) is 0. The predicted molar refractivity (Wildman–Crippen MR) is 227 cm³/mol. The van der Waals surface area contributed by atoms with E-state index in [-0.39, 0.29) is 0 Å². The van der Waals surface area contributed by atoms with Gasteiger partial charge in [-0.1, -0.05) is 121 Å². The van der Waals surface area contributed by atoms with Gasteiger partial charge in [-0.25, -0.2) is 9.97 Å². The quantitative estimate of drug-likeness (QED) is 0.182. The highest BCUT2D eigenvalue weighted by molar-refractivity contribution is 6.29. The van der Waals surface area contributed by atoms with E-state index in [2.05, 4.69) is 120 Å². The Bertz CT molecular complexity index is 3770. The van der Waals surface area contributed by atoms with Gasteiger partial charge in [-0.2, -0.15) is 0 Å². The van der Waals surface area contributed by atoms with Gasteiger partial charge in [0.15, 0.2) is 5.58 Å². The maximum atomic E-state index is 7.07. The van der Waals surface area contributed by atoms with Gasteiger partial charge in [-0.05, 0) is 58.8 Å². The first-order valence-corrected chi connectivity index (χ1v) is 18.7. The van der Waals surface area contributed by atoms with Crippen LogP contribution in [0.2, 0.25) is 0 Å². The summed E-state index contributed by atoms with van der Waals surface area (Å²) in [6, 6.07) is 56.5. The normalized spacial score (nSPS) is 12.3. The molecule has 0 saturated carbocycles. The molecule has 260 valence electrons. The summed E-state index contributed by atoms with van der Waals surface area (Å²) in [6.07, 6.45) is 0. The van der Waals surface area contributed by atoms with Crippen LogP contribution in [0.5, 0.6) is 0 Å². The van der Waals surface area contributed by atoms with Crippen LogP contribution in [0.25, 0.3) is 127 Å². The lowest BCUT2D eigenvalue weighted by Gasteiger charge is -2.09. The van der Waals surface area contributed by atoms with E-state index in [1.165, 1.54) is 0 Å². The number of benzene rings is 8. The minimum absolute atomic E-state index is 0.566. The zero-order chi connectivity index (χ0) is 36.5. The number of rotatable bonds is 3. The minimum Gasteiger partial charge on any atom is -0.455 e. The summed E-state index contributed by atoms with van der Waals surface area (Å²) in [4.78, 5) is 10.5. The summed E-state index contributed by atoms with van der Waals surface area (Å²) in [5.41, 5.74) is 11.4. The van der Waals surface area contributed by atoms with Crippen molar-refractivity contribution in [3.63, 3.8) is 0 Å². The molecule has 5 aromatic heterocycles. The average Bonchev–Trinajstić information content (AvgIpc) is 4.02. The molecule has 0 spiro atoms. The van der Waals surface area contributed by atoms with E-state index in [0.717, 1.165) is 115 Å². The third kappa shape index (κ3) is 3.94. The van der Waals surface area contributed by atoms with E-state index < -0.39 is 0 Å². The Balaban J connectivity index is 1.12. The zero-order valence-electron chi connectivity index (χ0n) is 29.7. The number of para-hydroxylation sites is 4. The summed E-state index contributed by atoms with van der Waals surface area (Å²) in [6.45, 7) is 0. The fourth-order valence-corrected chi connectivity index (χ4v) is 9.02. The maximum Gasteiger partial charge on any atom is 0.236 e. The van der Waals surface area contributed by atoms with Crippen LogP contribution in [0.15, 0.2) is 177 Å². The highest BCUT2D eigenvalue weighted by Gasteiger charge is 2.25. The smallest absolute Gasteiger partial charge is 0.236 e. The Morgan fingerprint density at radius 2 is 1.04 bits per heavy atom. The van der Waals surface area contributed by atoms with Crippen LogP contribution < -0.4 is 0 Å². The van der Waals surface area contributed by atoms with Gasteiger partial charge >= 0.3 is 0 Å². The van der Waals surface area contributed by atoms with Gasteiger partial charge in [0.25, 0.3) is 0 Å². The number of nitrogens with zero attached hydrogens (tertiary/aromatic N) is 3. The standard InChI is InChI=1S/C50H27N3O3/c1-2-13-28(14-3-1)45-49-46(35-19-8-11-24-41(35)55-49)52-50(51-45)53-38-22-9-6-18-34(38)44-39(53)26-25-36-43-31-17-5-4-15-29(31)37(27-42(43)56-48(36)44)33-21-12-20-32-30-16-7-10-23-40(30)54-47(32)33/h1-27H. The summed E-state index contributed by atoms with van der Waals surface area (Å²) in [5, 5.41) is 9.64. The second kappa shape index (κ2) is 10.9. The molecule has 0 aliphatic heterocycles. The number of hydrogen-bond acceptors (Lipinski definition) is 5. The molecule has 0 unspecified atom stereocenters. The second-order valence-corrected chi connectivity index (χ2v) is 14.4. The molecule has 13 rings (SSSR count). The van der Waals surface area contributed by atoms with Crippen LogP contribution in [0, 0.1) is 0 Å². The van der Waals surface area contributed by atoms with Crippen molar-refractivity contribution in [3.05, 3.63) is 164 Å². The molecular formula is C50H27N3O3. The minimum atomic E-state index is 0.566. The van der Waals surface area contributed by atoms with Crippen LogP contribution in [0.4, 0.5) is 0 Å². The van der Waals surface area contributed by atoms with E-state index in [4.69, 9.17) is 23.2 Å². The van der Waals surface area contributed by atoms with E-state index in [9.17, 15) is 0 Å². The molecule has 6 heteroatoms. The van der Waals surface area contributed by atoms with E-state index >= 15 is 0 Å². The van der Waals surface area contributed by atoms with Crippen molar-refractivity contribution in [2.75, 3.05) is 0 Å². The third-order valence-electron chi connectivity index (χ3n) is 11.4. The number of hydrogen-bond donors (Lipinski definition) is 0. The molecule has 0 aliphatic rings. The van der Waals surface area contributed by atoms with E-state index in [1.54, 1.807) is 0 Å². The van der Waals surface area contributed by atoms with Crippen LogP contribution in [0.1, 0.15) is 0 Å². The van der Waals surface area contributed by atoms with Crippen molar-refractivity contribution in [1.29, 1.82) is 0 Å². The molecule has 0 fully saturated rings. The Morgan fingerprint density at radius 3 is 1.89 bits per heavy atom. The Kier molecular flexibility index (Phi) is 5.80. The Morgan fingerprint density at radius 1 is 0.375 bits per heavy atom. The molecule has 0 atom stereocenters. The average molecular weight is 718 g/mol. The SMILES string of the molecule is c1ccc(-c2nc(-n3c4ccccc4c4c5oc6cc(-c7cccc8c7oc7ccccc78)c7ccccc7c6c5ccc43)nc3c2oc2ccccc23)cc1. The molecule has 6 nitrogen and oxygen atoms in total. The molecule has 0 aliphatic carbocycles. The van der Waals surface area contributed by atoms with Crippen molar-refractivity contribution < 1.29 is 13.3 Å². The van der Waals surface area contributed by atoms with E-state index in [0.29, 0.717) is 11.5 Å². The number of aromatic nitrogens is 3. The van der Waals surface area contributed by atoms with Gasteiger partial charge in [0.1, 0.15) is 39.1 Å². The highest BCUT2D eigenvalue weighted by Crippen LogP contribution is 2.46. The van der Waals surface area contributed by atoms with Gasteiger partial charge in [-0.3, -0.25) is 4.57 Å². The Hall–Kier alpha value is -7.70. The molecule has 0 bridgehead atoms. The summed E-state index contributed by atoms with van der Waals surface area (Å²) in [5.74, 6) is 0.566. The van der Waals surface area contributed by atoms with Crippen LogP contribution in [0.3, 0.4) is 0 Å². The molecule has 0 radical (unpaired) electrons. The monoisotopic (exact) mass is 717 g/mol. The fraction of sp³-hybridized carbons (Fsp3) is 0. The van der Waals surface area contributed by atoms with Crippen molar-refractivity contribution >= 4 is 98.5 Å². The molecule has 56 heavy (non-hydrogen) atoms. The van der Waals surface area contributed by atoms with Crippen molar-refractivity contribution in [2.24, 2.45) is 0 Å². The molecule has 8 aromatic carbocycles. The molecular weight excluding hydrogens is 691 g/mol. The van der Waals surface area contributed by atoms with E-state index in [1.807, 2.05) is 48.5 Å². The maximum absolute atomic E-state index is 7.07. The lowest BCUT2D eigenvalue weighted by atomic mass is 9.93. The van der Waals surface area contributed by atoms with Crippen molar-refractivity contribution in [1.82, 2.24) is 14.5 Å². The molecule has 0 N–H and O–H groups in total. The molecule has 0 amide bonds. The van der Waals surface area contributed by atoms with Gasteiger partial charge in [0.05, 0.1) is 16.4 Å². The summed E-state index contributed by atoms with van der Waals surface area (Å²) < 4.78 is 22.2. The van der Waals surface area contributed by atoms with Crippen molar-refractivity contribution in [3.8, 4) is 28.3 Å². The molecule has 0 saturated heterocycles. The summed E-state index contributed by atoms with van der Waals surface area (Å²) >= 11 is 0. The highest BCUT2D eigenvalue weighted by atomic mass is 16.3. The first-order valence-electron chi connectivity index (χ1n) is 18.7. The lowest BCUT2D eigenvalue weighted by Crippen LogP contribution is -2.02. The Labute approximate surface area is 317 Å². The van der Waals surface area contributed by atoms with Gasteiger partial charge in [0, 0.05) is 43.4 Å². The third-order valence-corrected chi connectivity index (χ3v) is 11.4. The van der Waals surface area contributed by atoms with Crippen LogP contribution >= 0.6 is 0 Å². The second-order valence-electron chi connectivity index (χ2n) is 14.4. The first-order chi connectivity index (χ1) is 27.8. The predicted octanol–water partition coefficient (Wildman–Crippen LogP) is 13.8. The molecule has 5 heterocycles. The van der Waals surface area contributed by atoms with Gasteiger partial charge < -0.3 is 13.3 Å². The van der Waals surface area contributed by atoms with Gasteiger partial charge in [-0.15, -0.1) is 0 Å². The zero-order valence-corrected chi connectivity index (χ0v) is 29.7. The number of furan rings is 3. The topological polar surface area (TPSA) is 70.1 Å². The van der Waals surface area contributed by atoms with Crippen LogP contribution in [-0.4, -0.2) is 14.5 Å². The van der Waals surface area contributed by atoms with Gasteiger partial charge in [0.2, 0.25) is 5.95 Å². The largest absolute Gasteiger partial charge is 0.455 e. The number of fused-ring (bicyclic) bond motifs is 15. The molecule has 13 aromatic rings. The fourth-order valence-electron chi connectivity index (χ4n) is 9.02.